The summed E-state index contributed by atoms with van der Waals surface area (Å²) in [5, 5.41) is 10.6. The van der Waals surface area contributed by atoms with Gasteiger partial charge in [0, 0.05) is 28.4 Å². The number of piperidine rings is 1. The van der Waals surface area contributed by atoms with Gasteiger partial charge in [-0.3, -0.25) is 9.59 Å². The molecule has 1 heterocycles. The molecule has 6 heteroatoms. The average Bonchev–Trinajstić information content (AvgIpc) is 2.65. The Kier molecular flexibility index (Phi) is 6.63. The molecule has 1 saturated heterocycles. The van der Waals surface area contributed by atoms with E-state index < -0.39 is 11.9 Å². The fourth-order valence-electron chi connectivity index (χ4n) is 4.12. The predicted octanol–water partition coefficient (Wildman–Crippen LogP) is 5.55. The van der Waals surface area contributed by atoms with E-state index in [4.69, 9.17) is 23.2 Å². The van der Waals surface area contributed by atoms with Crippen molar-refractivity contribution in [2.45, 2.75) is 38.1 Å². The number of carbonyl (C=O) groups excluding carboxylic acids is 1. The average molecular weight is 420 g/mol. The van der Waals surface area contributed by atoms with Crippen LogP contribution in [0.15, 0.2) is 48.5 Å². The van der Waals surface area contributed by atoms with E-state index in [1.807, 2.05) is 60.4 Å². The van der Waals surface area contributed by atoms with Crippen LogP contribution >= 0.6 is 23.2 Å². The molecule has 3 rings (SSSR count). The van der Waals surface area contributed by atoms with Crippen molar-refractivity contribution in [3.05, 3.63) is 69.7 Å². The lowest BCUT2D eigenvalue weighted by molar-refractivity contribution is -0.149. The van der Waals surface area contributed by atoms with Gasteiger partial charge in [-0.1, -0.05) is 54.4 Å². The van der Waals surface area contributed by atoms with Crippen LogP contribution in [0.3, 0.4) is 0 Å². The van der Waals surface area contributed by atoms with E-state index >= 15 is 0 Å². The fourth-order valence-corrected chi connectivity index (χ4v) is 4.45. The van der Waals surface area contributed by atoms with Crippen molar-refractivity contribution in [3.8, 4) is 0 Å². The summed E-state index contributed by atoms with van der Waals surface area (Å²) in [6.45, 7) is 2.58. The standard InChI is InChI=1S/C22H23Cl2NO3/c1-2-10-25-21(14-6-8-17(23)9-7-14)19(15-4-3-5-18(24)11-15)12-16(22(25)28)13-20(26)27/h3-9,11,16,19,21H,2,10,12-13H2,1H3,(H,26,27)/t16-,19+,21+/m0/s1. The molecule has 1 aliphatic heterocycles. The normalized spacial score (nSPS) is 22.3. The molecule has 0 radical (unpaired) electrons. The third-order valence-electron chi connectivity index (χ3n) is 5.26. The molecule has 148 valence electrons. The zero-order valence-electron chi connectivity index (χ0n) is 15.6. The van der Waals surface area contributed by atoms with E-state index in [1.54, 1.807) is 0 Å². The maximum absolute atomic E-state index is 13.2. The van der Waals surface area contributed by atoms with Gasteiger partial charge in [0.05, 0.1) is 12.5 Å². The van der Waals surface area contributed by atoms with Crippen LogP contribution in [-0.2, 0) is 9.59 Å². The Morgan fingerprint density at radius 1 is 1.11 bits per heavy atom. The molecule has 1 aliphatic rings. The summed E-state index contributed by atoms with van der Waals surface area (Å²) < 4.78 is 0. The van der Waals surface area contributed by atoms with E-state index in [0.29, 0.717) is 23.0 Å². The van der Waals surface area contributed by atoms with E-state index in [-0.39, 0.29) is 24.3 Å². The van der Waals surface area contributed by atoms with Crippen LogP contribution < -0.4 is 0 Å². The lowest BCUT2D eigenvalue weighted by atomic mass is 9.75. The quantitative estimate of drug-likeness (QED) is 0.667. The van der Waals surface area contributed by atoms with Gasteiger partial charge in [0.25, 0.3) is 0 Å². The van der Waals surface area contributed by atoms with Gasteiger partial charge in [-0.25, -0.2) is 0 Å². The third kappa shape index (κ3) is 4.50. The summed E-state index contributed by atoms with van der Waals surface area (Å²) in [7, 11) is 0. The summed E-state index contributed by atoms with van der Waals surface area (Å²) in [5.74, 6) is -1.64. The Labute approximate surface area is 175 Å². The highest BCUT2D eigenvalue weighted by atomic mass is 35.5. The van der Waals surface area contributed by atoms with Crippen LogP contribution in [0, 0.1) is 5.92 Å². The SMILES string of the molecule is CCCN1C(=O)[C@H](CC(=O)O)C[C@H](c2cccc(Cl)c2)[C@H]1c1ccc(Cl)cc1. The Balaban J connectivity index is 2.09. The summed E-state index contributed by atoms with van der Waals surface area (Å²) >= 11 is 12.3. The number of carbonyl (C=O) groups is 2. The number of rotatable bonds is 6. The molecule has 0 bridgehead atoms. The number of hydrogen-bond acceptors (Lipinski definition) is 2. The first-order valence-electron chi connectivity index (χ1n) is 9.44. The molecule has 4 nitrogen and oxygen atoms in total. The van der Waals surface area contributed by atoms with E-state index in [0.717, 1.165) is 17.5 Å². The summed E-state index contributed by atoms with van der Waals surface area (Å²) in [4.78, 5) is 26.4. The van der Waals surface area contributed by atoms with Crippen LogP contribution in [-0.4, -0.2) is 28.4 Å². The van der Waals surface area contributed by atoms with Crippen molar-refractivity contribution in [1.29, 1.82) is 0 Å². The summed E-state index contributed by atoms with van der Waals surface area (Å²) in [6, 6.07) is 15.0. The first-order chi connectivity index (χ1) is 13.4. The molecule has 0 aromatic heterocycles. The number of carboxylic acids is 1. The van der Waals surface area contributed by atoms with Gasteiger partial charge in [0.2, 0.25) is 5.91 Å². The fraction of sp³-hybridized carbons (Fsp3) is 0.364. The van der Waals surface area contributed by atoms with Crippen molar-refractivity contribution in [1.82, 2.24) is 4.90 Å². The molecule has 28 heavy (non-hydrogen) atoms. The maximum Gasteiger partial charge on any atom is 0.304 e. The van der Waals surface area contributed by atoms with Gasteiger partial charge in [0.1, 0.15) is 0 Å². The van der Waals surface area contributed by atoms with Crippen molar-refractivity contribution in [2.24, 2.45) is 5.92 Å². The molecular weight excluding hydrogens is 397 g/mol. The highest BCUT2D eigenvalue weighted by Crippen LogP contribution is 2.46. The molecular formula is C22H23Cl2NO3. The minimum atomic E-state index is -0.954. The number of amides is 1. The number of benzene rings is 2. The second-order valence-corrected chi connectivity index (χ2v) is 8.09. The first kappa shape index (κ1) is 20.7. The van der Waals surface area contributed by atoms with Crippen molar-refractivity contribution < 1.29 is 14.7 Å². The molecule has 1 amide bonds. The molecule has 2 aromatic rings. The molecule has 1 N–H and O–H groups in total. The Hall–Kier alpha value is -2.04. The third-order valence-corrected chi connectivity index (χ3v) is 5.75. The van der Waals surface area contributed by atoms with Crippen molar-refractivity contribution >= 4 is 35.1 Å². The van der Waals surface area contributed by atoms with Gasteiger partial charge < -0.3 is 10.0 Å². The number of likely N-dealkylation sites (tertiary alicyclic amines) is 1. The van der Waals surface area contributed by atoms with Crippen LogP contribution in [0.5, 0.6) is 0 Å². The molecule has 2 aromatic carbocycles. The largest absolute Gasteiger partial charge is 0.481 e. The zero-order valence-corrected chi connectivity index (χ0v) is 17.2. The van der Waals surface area contributed by atoms with Crippen molar-refractivity contribution in [3.63, 3.8) is 0 Å². The molecule has 0 spiro atoms. The second kappa shape index (κ2) is 8.97. The minimum Gasteiger partial charge on any atom is -0.481 e. The van der Waals surface area contributed by atoms with Crippen molar-refractivity contribution in [2.75, 3.05) is 6.54 Å². The number of aliphatic carboxylic acids is 1. The minimum absolute atomic E-state index is 0.0477. The van der Waals surface area contributed by atoms with Gasteiger partial charge >= 0.3 is 5.97 Å². The second-order valence-electron chi connectivity index (χ2n) is 7.22. The lowest BCUT2D eigenvalue weighted by Crippen LogP contribution is -2.47. The topological polar surface area (TPSA) is 57.6 Å². The summed E-state index contributed by atoms with van der Waals surface area (Å²) in [5.41, 5.74) is 2.00. The Morgan fingerprint density at radius 2 is 1.82 bits per heavy atom. The number of nitrogens with zero attached hydrogens (tertiary/aromatic N) is 1. The molecule has 3 atom stereocenters. The van der Waals surface area contributed by atoms with Crippen LogP contribution in [0.2, 0.25) is 10.0 Å². The molecule has 0 saturated carbocycles. The monoisotopic (exact) mass is 419 g/mol. The molecule has 0 aliphatic carbocycles. The Morgan fingerprint density at radius 3 is 2.43 bits per heavy atom. The van der Waals surface area contributed by atoms with E-state index in [1.165, 1.54) is 0 Å². The highest BCUT2D eigenvalue weighted by molar-refractivity contribution is 6.30. The summed E-state index contributed by atoms with van der Waals surface area (Å²) in [6.07, 6.45) is 1.10. The maximum atomic E-state index is 13.2. The van der Waals surface area contributed by atoms with Crippen LogP contribution in [0.1, 0.15) is 49.3 Å². The van der Waals surface area contributed by atoms with Gasteiger partial charge in [-0.05, 0) is 48.2 Å². The Bertz CT molecular complexity index is 853. The predicted molar refractivity (Wildman–Crippen MR) is 111 cm³/mol. The van der Waals surface area contributed by atoms with E-state index in [2.05, 4.69) is 0 Å². The smallest absolute Gasteiger partial charge is 0.304 e. The lowest BCUT2D eigenvalue weighted by Gasteiger charge is -2.45. The number of halogens is 2. The van der Waals surface area contributed by atoms with Crippen LogP contribution in [0.4, 0.5) is 0 Å². The number of carboxylic acid groups (broad SMARTS) is 1. The van der Waals surface area contributed by atoms with Crippen LogP contribution in [0.25, 0.3) is 0 Å². The van der Waals surface area contributed by atoms with Gasteiger partial charge in [-0.2, -0.15) is 0 Å². The highest BCUT2D eigenvalue weighted by Gasteiger charge is 2.43. The van der Waals surface area contributed by atoms with Gasteiger partial charge in [-0.15, -0.1) is 0 Å². The van der Waals surface area contributed by atoms with E-state index in [9.17, 15) is 14.7 Å². The molecule has 0 unspecified atom stereocenters. The molecule has 1 fully saturated rings. The first-order valence-corrected chi connectivity index (χ1v) is 10.2. The van der Waals surface area contributed by atoms with Gasteiger partial charge in [0.15, 0.2) is 0 Å². The number of hydrogen-bond donors (Lipinski definition) is 1. The zero-order chi connectivity index (χ0) is 20.3.